The van der Waals surface area contributed by atoms with Crippen molar-refractivity contribution in [3.05, 3.63) is 63.6 Å². The summed E-state index contributed by atoms with van der Waals surface area (Å²) in [4.78, 5) is 12.0. The Morgan fingerprint density at radius 3 is 2.70 bits per heavy atom. The van der Waals surface area contributed by atoms with Crippen LogP contribution in [0.1, 0.15) is 21.5 Å². The zero-order chi connectivity index (χ0) is 14.5. The van der Waals surface area contributed by atoms with E-state index in [1.54, 1.807) is 12.1 Å². The van der Waals surface area contributed by atoms with Gasteiger partial charge in [0.05, 0.1) is 5.56 Å². The lowest BCUT2D eigenvalue weighted by Gasteiger charge is -2.08. The number of nitrogens with one attached hydrogen (secondary N) is 1. The van der Waals surface area contributed by atoms with Crippen LogP contribution in [0, 0.1) is 6.92 Å². The molecule has 0 saturated carbocycles. The number of aryl methyl sites for hydroxylation is 1. The Morgan fingerprint density at radius 1 is 1.25 bits per heavy atom. The second-order valence-corrected chi connectivity index (χ2v) is 5.51. The van der Waals surface area contributed by atoms with E-state index in [1.807, 2.05) is 12.1 Å². The molecule has 0 radical (unpaired) electrons. The summed E-state index contributed by atoms with van der Waals surface area (Å²) in [6.07, 6.45) is 0.774. The molecule has 0 unspecified atom stereocenters. The molecule has 104 valence electrons. The number of carbonyl (C=O) groups excluding carboxylic acids is 1. The lowest BCUT2D eigenvalue weighted by Crippen LogP contribution is -2.25. The average Bonchev–Trinajstić information content (AvgIpc) is 2.40. The maximum absolute atomic E-state index is 12.0. The normalized spacial score (nSPS) is 10.3. The van der Waals surface area contributed by atoms with Crippen LogP contribution >= 0.6 is 15.9 Å². The van der Waals surface area contributed by atoms with E-state index in [-0.39, 0.29) is 17.2 Å². The topological polar surface area (TPSA) is 49.3 Å². The van der Waals surface area contributed by atoms with Crippen molar-refractivity contribution in [2.75, 3.05) is 6.54 Å². The van der Waals surface area contributed by atoms with Crippen molar-refractivity contribution in [2.45, 2.75) is 13.3 Å². The highest BCUT2D eigenvalue weighted by molar-refractivity contribution is 9.10. The molecule has 0 atom stereocenters. The average molecular weight is 334 g/mol. The number of hydrogen-bond acceptors (Lipinski definition) is 2. The summed E-state index contributed by atoms with van der Waals surface area (Å²) >= 11 is 3.24. The summed E-state index contributed by atoms with van der Waals surface area (Å²) in [7, 11) is 0. The van der Waals surface area contributed by atoms with Gasteiger partial charge in [0.25, 0.3) is 5.91 Å². The number of aromatic hydroxyl groups is 1. The summed E-state index contributed by atoms with van der Waals surface area (Å²) in [5, 5.41) is 12.6. The van der Waals surface area contributed by atoms with E-state index in [1.165, 1.54) is 17.2 Å². The molecule has 2 rings (SSSR count). The number of phenols is 1. The first-order valence-electron chi connectivity index (χ1n) is 6.39. The standard InChI is InChI=1S/C16H16BrNO2/c1-11-4-2-3-5-12(11)8-9-18-16(20)14-7-6-13(17)10-15(14)19/h2-7,10,19H,8-9H2,1H3,(H,18,20). The highest BCUT2D eigenvalue weighted by atomic mass is 79.9. The number of rotatable bonds is 4. The van der Waals surface area contributed by atoms with E-state index >= 15 is 0 Å². The fraction of sp³-hybridized carbons (Fsp3) is 0.188. The van der Waals surface area contributed by atoms with Crippen molar-refractivity contribution in [1.82, 2.24) is 5.32 Å². The molecule has 20 heavy (non-hydrogen) atoms. The minimum absolute atomic E-state index is 0.0206. The van der Waals surface area contributed by atoms with Gasteiger partial charge < -0.3 is 10.4 Å². The number of halogens is 1. The van der Waals surface area contributed by atoms with Crippen LogP contribution in [-0.4, -0.2) is 17.6 Å². The van der Waals surface area contributed by atoms with Crippen LogP contribution in [0.2, 0.25) is 0 Å². The van der Waals surface area contributed by atoms with Crippen molar-refractivity contribution in [1.29, 1.82) is 0 Å². The van der Waals surface area contributed by atoms with Crippen LogP contribution in [0.15, 0.2) is 46.9 Å². The van der Waals surface area contributed by atoms with Gasteiger partial charge >= 0.3 is 0 Å². The Hall–Kier alpha value is -1.81. The Bertz CT molecular complexity index is 626. The molecule has 0 fully saturated rings. The van der Waals surface area contributed by atoms with Gasteiger partial charge in [0.2, 0.25) is 0 Å². The third kappa shape index (κ3) is 3.61. The maximum atomic E-state index is 12.0. The van der Waals surface area contributed by atoms with Crippen molar-refractivity contribution in [3.63, 3.8) is 0 Å². The highest BCUT2D eigenvalue weighted by Crippen LogP contribution is 2.22. The van der Waals surface area contributed by atoms with Gasteiger partial charge in [0.15, 0.2) is 0 Å². The van der Waals surface area contributed by atoms with Gasteiger partial charge in [-0.3, -0.25) is 4.79 Å². The zero-order valence-electron chi connectivity index (χ0n) is 11.2. The maximum Gasteiger partial charge on any atom is 0.255 e. The lowest BCUT2D eigenvalue weighted by molar-refractivity contribution is 0.0951. The second kappa shape index (κ2) is 6.57. The van der Waals surface area contributed by atoms with Gasteiger partial charge in [-0.25, -0.2) is 0 Å². The first kappa shape index (κ1) is 14.6. The first-order valence-corrected chi connectivity index (χ1v) is 7.18. The molecule has 2 aromatic rings. The van der Waals surface area contributed by atoms with Crippen molar-refractivity contribution >= 4 is 21.8 Å². The molecule has 4 heteroatoms. The van der Waals surface area contributed by atoms with E-state index in [4.69, 9.17) is 0 Å². The van der Waals surface area contributed by atoms with Crippen LogP contribution in [-0.2, 0) is 6.42 Å². The molecule has 0 saturated heterocycles. The number of hydrogen-bond donors (Lipinski definition) is 2. The molecule has 0 spiro atoms. The third-order valence-corrected chi connectivity index (χ3v) is 3.64. The molecule has 3 nitrogen and oxygen atoms in total. The fourth-order valence-corrected chi connectivity index (χ4v) is 2.34. The summed E-state index contributed by atoms with van der Waals surface area (Å²) in [5.74, 6) is -0.281. The smallest absolute Gasteiger partial charge is 0.255 e. The van der Waals surface area contributed by atoms with Gasteiger partial charge in [-0.1, -0.05) is 40.2 Å². The fourth-order valence-electron chi connectivity index (χ4n) is 1.99. The Balaban J connectivity index is 1.94. The molecule has 0 heterocycles. The quantitative estimate of drug-likeness (QED) is 0.900. The third-order valence-electron chi connectivity index (χ3n) is 3.15. The van der Waals surface area contributed by atoms with Crippen molar-refractivity contribution in [2.24, 2.45) is 0 Å². The summed E-state index contributed by atoms with van der Waals surface area (Å²) < 4.78 is 0.742. The predicted molar refractivity (Wildman–Crippen MR) is 83.0 cm³/mol. The first-order chi connectivity index (χ1) is 9.58. The van der Waals surface area contributed by atoms with Crippen LogP contribution in [0.3, 0.4) is 0 Å². The molecule has 2 aromatic carbocycles. The summed E-state index contributed by atoms with van der Waals surface area (Å²) in [5.41, 5.74) is 2.72. The largest absolute Gasteiger partial charge is 0.507 e. The van der Waals surface area contributed by atoms with Crippen LogP contribution in [0.5, 0.6) is 5.75 Å². The number of carbonyl (C=O) groups is 1. The van der Waals surface area contributed by atoms with E-state index < -0.39 is 0 Å². The SMILES string of the molecule is Cc1ccccc1CCNC(=O)c1ccc(Br)cc1O. The zero-order valence-corrected chi connectivity index (χ0v) is 12.8. The summed E-state index contributed by atoms with van der Waals surface area (Å²) in [6, 6.07) is 12.9. The van der Waals surface area contributed by atoms with Gasteiger partial charge in [0.1, 0.15) is 5.75 Å². The number of phenolic OH excluding ortho intramolecular Hbond substituents is 1. The van der Waals surface area contributed by atoms with E-state index in [0.717, 1.165) is 10.9 Å². The Kier molecular flexibility index (Phi) is 4.79. The van der Waals surface area contributed by atoms with Crippen LogP contribution < -0.4 is 5.32 Å². The highest BCUT2D eigenvalue weighted by Gasteiger charge is 2.10. The van der Waals surface area contributed by atoms with E-state index in [0.29, 0.717) is 6.54 Å². The van der Waals surface area contributed by atoms with E-state index in [2.05, 4.69) is 40.3 Å². The Labute approximate surface area is 126 Å². The van der Waals surface area contributed by atoms with Gasteiger partial charge in [-0.2, -0.15) is 0 Å². The molecular formula is C16H16BrNO2. The number of benzene rings is 2. The summed E-state index contributed by atoms with van der Waals surface area (Å²) in [6.45, 7) is 2.59. The lowest BCUT2D eigenvalue weighted by atomic mass is 10.1. The van der Waals surface area contributed by atoms with Gasteiger partial charge in [-0.15, -0.1) is 0 Å². The molecular weight excluding hydrogens is 318 g/mol. The Morgan fingerprint density at radius 2 is 2.00 bits per heavy atom. The van der Waals surface area contributed by atoms with Crippen molar-refractivity contribution < 1.29 is 9.90 Å². The van der Waals surface area contributed by atoms with Crippen LogP contribution in [0.25, 0.3) is 0 Å². The molecule has 0 aromatic heterocycles. The molecule has 1 amide bonds. The minimum atomic E-state index is -0.261. The molecule has 2 N–H and O–H groups in total. The monoisotopic (exact) mass is 333 g/mol. The van der Waals surface area contributed by atoms with Gasteiger partial charge in [-0.05, 0) is 42.7 Å². The van der Waals surface area contributed by atoms with Crippen LogP contribution in [0.4, 0.5) is 0 Å². The minimum Gasteiger partial charge on any atom is -0.507 e. The molecule has 0 bridgehead atoms. The van der Waals surface area contributed by atoms with Gasteiger partial charge in [0, 0.05) is 11.0 Å². The number of amides is 1. The molecule has 0 aliphatic carbocycles. The predicted octanol–water partition coefficient (Wildman–Crippen LogP) is 3.44. The molecule has 0 aliphatic rings. The van der Waals surface area contributed by atoms with Crippen molar-refractivity contribution in [3.8, 4) is 5.75 Å². The second-order valence-electron chi connectivity index (χ2n) is 4.59. The van der Waals surface area contributed by atoms with E-state index in [9.17, 15) is 9.90 Å². The molecule has 0 aliphatic heterocycles.